The summed E-state index contributed by atoms with van der Waals surface area (Å²) in [6.45, 7) is 4.17. The van der Waals surface area contributed by atoms with Crippen LogP contribution in [0.25, 0.3) is 0 Å². The van der Waals surface area contributed by atoms with Gasteiger partial charge in [0.15, 0.2) is 5.78 Å². The van der Waals surface area contributed by atoms with Gasteiger partial charge in [0, 0.05) is 11.8 Å². The topological polar surface area (TPSA) is 38.7 Å². The van der Waals surface area contributed by atoms with Gasteiger partial charge in [0.25, 0.3) is 0 Å². The summed E-state index contributed by atoms with van der Waals surface area (Å²) in [4.78, 5) is 15.5. The highest BCUT2D eigenvalue weighted by Crippen LogP contribution is 2.15. The van der Waals surface area contributed by atoms with Crippen molar-refractivity contribution in [1.82, 2.24) is 0 Å². The molecule has 3 heteroatoms. The maximum absolute atomic E-state index is 11.2. The largest absolute Gasteiger partial charge is 0.494 e. The van der Waals surface area contributed by atoms with E-state index in [1.54, 1.807) is 25.3 Å². The second-order valence-corrected chi connectivity index (χ2v) is 4.36. The molecule has 0 aliphatic carbocycles. The Kier molecular flexibility index (Phi) is 4.66. The number of hydrogen-bond donors (Lipinski definition) is 0. The summed E-state index contributed by atoms with van der Waals surface area (Å²) < 4.78 is 5.38. The Morgan fingerprint density at radius 1 is 1.10 bits per heavy atom. The van der Waals surface area contributed by atoms with E-state index in [4.69, 9.17) is 4.74 Å². The van der Waals surface area contributed by atoms with Gasteiger partial charge < -0.3 is 4.74 Å². The monoisotopic (exact) mass is 267 g/mol. The van der Waals surface area contributed by atoms with Gasteiger partial charge in [-0.2, -0.15) is 0 Å². The molecule has 0 saturated heterocycles. The Bertz CT molecular complexity index is 598. The summed E-state index contributed by atoms with van der Waals surface area (Å²) in [6.07, 6.45) is 1.79. The molecular weight excluding hydrogens is 250 g/mol. The van der Waals surface area contributed by atoms with Crippen LogP contribution in [0.5, 0.6) is 5.75 Å². The number of carbonyl (C=O) groups excluding carboxylic acids is 1. The van der Waals surface area contributed by atoms with Crippen molar-refractivity contribution in [2.45, 2.75) is 13.8 Å². The van der Waals surface area contributed by atoms with Gasteiger partial charge in [0.1, 0.15) is 5.75 Å². The number of Topliss-reactive ketones (excluding diaryl/α,β-unsaturated/α-hetero) is 1. The van der Waals surface area contributed by atoms with Crippen LogP contribution >= 0.6 is 0 Å². The van der Waals surface area contributed by atoms with Gasteiger partial charge in [0.2, 0.25) is 0 Å². The molecule has 2 rings (SSSR count). The molecule has 0 aliphatic heterocycles. The minimum Gasteiger partial charge on any atom is -0.494 e. The molecule has 0 N–H and O–H groups in total. The van der Waals surface area contributed by atoms with E-state index in [-0.39, 0.29) is 5.78 Å². The Morgan fingerprint density at radius 3 is 2.30 bits per heavy atom. The molecule has 102 valence electrons. The highest BCUT2D eigenvalue weighted by Gasteiger charge is 1.97. The van der Waals surface area contributed by atoms with Crippen molar-refractivity contribution < 1.29 is 9.53 Å². The molecule has 0 aliphatic rings. The number of benzene rings is 2. The highest BCUT2D eigenvalue weighted by molar-refractivity contribution is 5.94. The first-order chi connectivity index (χ1) is 9.69. The van der Waals surface area contributed by atoms with E-state index in [2.05, 4.69) is 4.99 Å². The van der Waals surface area contributed by atoms with Crippen LogP contribution in [0.2, 0.25) is 0 Å². The smallest absolute Gasteiger partial charge is 0.159 e. The first-order valence-electron chi connectivity index (χ1n) is 6.57. The number of ketones is 1. The molecule has 0 saturated carbocycles. The van der Waals surface area contributed by atoms with Crippen LogP contribution in [0.3, 0.4) is 0 Å². The van der Waals surface area contributed by atoms with Crippen LogP contribution < -0.4 is 4.74 Å². The van der Waals surface area contributed by atoms with Crippen molar-refractivity contribution in [1.29, 1.82) is 0 Å². The van der Waals surface area contributed by atoms with Crippen LogP contribution in [0.1, 0.15) is 29.8 Å². The Labute approximate surface area is 118 Å². The predicted octanol–water partition coefficient (Wildman–Crippen LogP) is 4.04. The SMILES string of the molecule is CCOc1ccc(C=Nc2ccc(C(C)=O)cc2)cc1. The second-order valence-electron chi connectivity index (χ2n) is 4.36. The van der Waals surface area contributed by atoms with E-state index in [9.17, 15) is 4.79 Å². The molecule has 0 spiro atoms. The molecule has 0 unspecified atom stereocenters. The lowest BCUT2D eigenvalue weighted by molar-refractivity contribution is 0.101. The number of ether oxygens (including phenoxy) is 1. The van der Waals surface area contributed by atoms with E-state index in [0.717, 1.165) is 17.0 Å². The third-order valence-corrected chi connectivity index (χ3v) is 2.83. The quantitative estimate of drug-likeness (QED) is 0.605. The summed E-state index contributed by atoms with van der Waals surface area (Å²) in [5.74, 6) is 0.919. The highest BCUT2D eigenvalue weighted by atomic mass is 16.5. The van der Waals surface area contributed by atoms with Crippen molar-refractivity contribution in [2.75, 3.05) is 6.61 Å². The lowest BCUT2D eigenvalue weighted by Gasteiger charge is -2.02. The summed E-state index contributed by atoms with van der Waals surface area (Å²) >= 11 is 0. The summed E-state index contributed by atoms with van der Waals surface area (Å²) in [5.41, 5.74) is 2.53. The van der Waals surface area contributed by atoms with E-state index < -0.39 is 0 Å². The fraction of sp³-hybridized carbons (Fsp3) is 0.176. The first-order valence-corrected chi connectivity index (χ1v) is 6.57. The number of nitrogens with zero attached hydrogens (tertiary/aromatic N) is 1. The van der Waals surface area contributed by atoms with Gasteiger partial charge >= 0.3 is 0 Å². The molecule has 2 aromatic carbocycles. The predicted molar refractivity (Wildman–Crippen MR) is 81.3 cm³/mol. The van der Waals surface area contributed by atoms with E-state index in [1.807, 2.05) is 43.3 Å². The zero-order valence-electron chi connectivity index (χ0n) is 11.7. The van der Waals surface area contributed by atoms with Crippen molar-refractivity contribution in [3.8, 4) is 5.75 Å². The molecule has 0 bridgehead atoms. The fourth-order valence-electron chi connectivity index (χ4n) is 1.75. The molecule has 3 nitrogen and oxygen atoms in total. The van der Waals surface area contributed by atoms with Crippen molar-refractivity contribution in [3.05, 3.63) is 59.7 Å². The molecule has 0 heterocycles. The van der Waals surface area contributed by atoms with Crippen LogP contribution in [-0.2, 0) is 0 Å². The van der Waals surface area contributed by atoms with Gasteiger partial charge in [-0.25, -0.2) is 0 Å². The summed E-state index contributed by atoms with van der Waals surface area (Å²) in [6, 6.07) is 15.0. The lowest BCUT2D eigenvalue weighted by Crippen LogP contribution is -1.91. The standard InChI is InChI=1S/C17H17NO2/c1-3-20-17-10-4-14(5-11-17)12-18-16-8-6-15(7-9-16)13(2)19/h4-12H,3H2,1-2H3. The number of hydrogen-bond acceptors (Lipinski definition) is 3. The number of rotatable bonds is 5. The first kappa shape index (κ1) is 14.0. The Morgan fingerprint density at radius 2 is 1.75 bits per heavy atom. The van der Waals surface area contributed by atoms with Crippen molar-refractivity contribution in [2.24, 2.45) is 4.99 Å². The maximum atomic E-state index is 11.2. The Balaban J connectivity index is 2.06. The Hall–Kier alpha value is -2.42. The van der Waals surface area contributed by atoms with Crippen LogP contribution in [0.4, 0.5) is 5.69 Å². The van der Waals surface area contributed by atoms with Crippen LogP contribution in [-0.4, -0.2) is 18.6 Å². The van der Waals surface area contributed by atoms with E-state index >= 15 is 0 Å². The molecule has 0 aromatic heterocycles. The lowest BCUT2D eigenvalue weighted by atomic mass is 10.1. The van der Waals surface area contributed by atoms with Gasteiger partial charge in [-0.3, -0.25) is 9.79 Å². The fourth-order valence-corrected chi connectivity index (χ4v) is 1.75. The van der Waals surface area contributed by atoms with Crippen molar-refractivity contribution >= 4 is 17.7 Å². The van der Waals surface area contributed by atoms with Gasteiger partial charge in [-0.05, 0) is 67.9 Å². The minimum atomic E-state index is 0.0621. The zero-order valence-corrected chi connectivity index (χ0v) is 11.7. The molecule has 0 radical (unpaired) electrons. The van der Waals surface area contributed by atoms with Gasteiger partial charge in [-0.15, -0.1) is 0 Å². The van der Waals surface area contributed by atoms with E-state index in [1.165, 1.54) is 0 Å². The van der Waals surface area contributed by atoms with Crippen molar-refractivity contribution in [3.63, 3.8) is 0 Å². The molecule has 0 atom stereocenters. The molecule has 0 amide bonds. The third-order valence-electron chi connectivity index (χ3n) is 2.83. The summed E-state index contributed by atoms with van der Waals surface area (Å²) in [7, 11) is 0. The van der Waals surface area contributed by atoms with Gasteiger partial charge in [0.05, 0.1) is 12.3 Å². The molecule has 2 aromatic rings. The average molecular weight is 267 g/mol. The average Bonchev–Trinajstić information content (AvgIpc) is 2.47. The molecule has 0 fully saturated rings. The van der Waals surface area contributed by atoms with Crippen LogP contribution in [0, 0.1) is 0 Å². The maximum Gasteiger partial charge on any atom is 0.159 e. The number of carbonyl (C=O) groups is 1. The second kappa shape index (κ2) is 6.66. The molecule has 20 heavy (non-hydrogen) atoms. The number of aliphatic imine (C=N–C) groups is 1. The zero-order chi connectivity index (χ0) is 14.4. The minimum absolute atomic E-state index is 0.0621. The summed E-state index contributed by atoms with van der Waals surface area (Å²) in [5, 5.41) is 0. The normalized spacial score (nSPS) is 10.7. The van der Waals surface area contributed by atoms with Gasteiger partial charge in [-0.1, -0.05) is 0 Å². The van der Waals surface area contributed by atoms with E-state index in [0.29, 0.717) is 12.2 Å². The third kappa shape index (κ3) is 3.79. The molecular formula is C17H17NO2. The van der Waals surface area contributed by atoms with Crippen LogP contribution in [0.15, 0.2) is 53.5 Å².